The van der Waals surface area contributed by atoms with Crippen LogP contribution in [0.4, 0.5) is 0 Å². The lowest BCUT2D eigenvalue weighted by atomic mass is 10.0. The van der Waals surface area contributed by atoms with E-state index >= 15 is 0 Å². The molecule has 4 heterocycles. The van der Waals surface area contributed by atoms with Gasteiger partial charge in [-0.3, -0.25) is 14.9 Å². The van der Waals surface area contributed by atoms with Crippen LogP contribution in [0.15, 0.2) is 18.3 Å². The number of piperidine rings is 1. The van der Waals surface area contributed by atoms with Gasteiger partial charge in [-0.1, -0.05) is 0 Å². The molecule has 0 spiro atoms. The molecule has 1 atom stereocenters. The Morgan fingerprint density at radius 2 is 2.19 bits per heavy atom. The highest BCUT2D eigenvalue weighted by Crippen LogP contribution is 2.32. The Kier molecular flexibility index (Phi) is 2.78. The summed E-state index contributed by atoms with van der Waals surface area (Å²) in [5, 5.41) is 6.92. The fraction of sp³-hybridized carbons (Fsp3) is 0.400. The zero-order valence-corrected chi connectivity index (χ0v) is 11.6. The maximum atomic E-state index is 12.2. The van der Waals surface area contributed by atoms with E-state index in [1.165, 1.54) is 11.3 Å². The molecule has 21 heavy (non-hydrogen) atoms. The number of hydrogen-bond acceptors (Lipinski definition) is 4. The highest BCUT2D eigenvalue weighted by molar-refractivity contribution is 6.00. The minimum absolute atomic E-state index is 0.184. The third-order valence-corrected chi connectivity index (χ3v) is 4.34. The zero-order chi connectivity index (χ0) is 14.4. The average Bonchev–Trinajstić information content (AvgIpc) is 2.82. The number of aromatic nitrogens is 2. The molecule has 0 radical (unpaired) electrons. The van der Waals surface area contributed by atoms with Crippen LogP contribution in [0, 0.1) is 0 Å². The Morgan fingerprint density at radius 1 is 1.29 bits per heavy atom. The van der Waals surface area contributed by atoms with Gasteiger partial charge in [0, 0.05) is 43.2 Å². The summed E-state index contributed by atoms with van der Waals surface area (Å²) >= 11 is 0. The highest BCUT2D eigenvalue weighted by atomic mass is 16.2. The molecule has 2 amide bonds. The van der Waals surface area contributed by atoms with Gasteiger partial charge in [0.05, 0.1) is 0 Å². The Balaban J connectivity index is 1.92. The Morgan fingerprint density at radius 3 is 3.05 bits per heavy atom. The second-order valence-corrected chi connectivity index (χ2v) is 5.56. The smallest absolute Gasteiger partial charge is 0.249 e. The van der Waals surface area contributed by atoms with E-state index in [4.69, 9.17) is 0 Å². The predicted molar refractivity (Wildman–Crippen MR) is 76.6 cm³/mol. The zero-order valence-electron chi connectivity index (χ0n) is 11.6. The van der Waals surface area contributed by atoms with Gasteiger partial charge in [0.25, 0.3) is 0 Å². The van der Waals surface area contributed by atoms with E-state index in [-0.39, 0.29) is 17.9 Å². The molecular weight excluding hydrogens is 268 g/mol. The van der Waals surface area contributed by atoms with Crippen LogP contribution in [0.5, 0.6) is 0 Å². The molecule has 0 aromatic carbocycles. The predicted octanol–water partition coefficient (Wildman–Crippen LogP) is 0.660. The standard InChI is InChI=1S/C15H16N4O2/c20-13-4-3-12(15(21)18-13)19-11-5-7-16-8-10(11)9-2-1-6-17-14(9)19/h1-2,6,12,16H,3-5,7-8H2,(H,18,20,21). The van der Waals surface area contributed by atoms with Crippen molar-refractivity contribution < 1.29 is 9.59 Å². The van der Waals surface area contributed by atoms with Crippen molar-refractivity contribution in [2.45, 2.75) is 31.8 Å². The molecule has 2 aliphatic heterocycles. The van der Waals surface area contributed by atoms with E-state index in [2.05, 4.69) is 21.7 Å². The number of carbonyl (C=O) groups is 2. The molecule has 2 aromatic heterocycles. The summed E-state index contributed by atoms with van der Waals surface area (Å²) in [4.78, 5) is 28.1. The van der Waals surface area contributed by atoms with Crippen LogP contribution >= 0.6 is 0 Å². The second kappa shape index (κ2) is 4.66. The topological polar surface area (TPSA) is 76.0 Å². The van der Waals surface area contributed by atoms with Gasteiger partial charge in [-0.2, -0.15) is 0 Å². The average molecular weight is 284 g/mol. The van der Waals surface area contributed by atoms with E-state index in [9.17, 15) is 9.59 Å². The van der Waals surface area contributed by atoms with Crippen LogP contribution in [0.3, 0.4) is 0 Å². The van der Waals surface area contributed by atoms with E-state index in [0.29, 0.717) is 12.8 Å². The number of imide groups is 1. The molecule has 6 nitrogen and oxygen atoms in total. The monoisotopic (exact) mass is 284 g/mol. The molecule has 0 aliphatic carbocycles. The molecule has 108 valence electrons. The largest absolute Gasteiger partial charge is 0.317 e. The van der Waals surface area contributed by atoms with Gasteiger partial charge < -0.3 is 9.88 Å². The van der Waals surface area contributed by atoms with E-state index in [0.717, 1.165) is 30.5 Å². The number of amides is 2. The molecular formula is C15H16N4O2. The molecule has 2 N–H and O–H groups in total. The summed E-state index contributed by atoms with van der Waals surface area (Å²) < 4.78 is 2.05. The first-order valence-corrected chi connectivity index (χ1v) is 7.27. The molecule has 1 saturated heterocycles. The van der Waals surface area contributed by atoms with Crippen molar-refractivity contribution in [2.75, 3.05) is 6.54 Å². The quantitative estimate of drug-likeness (QED) is 0.754. The van der Waals surface area contributed by atoms with Crippen molar-refractivity contribution in [1.82, 2.24) is 20.2 Å². The number of carbonyl (C=O) groups excluding carboxylic acids is 2. The SMILES string of the molecule is O=C1CCC(n2c3c(c4cccnc42)CNCC3)C(=O)N1. The number of pyridine rings is 1. The Labute approximate surface area is 121 Å². The molecule has 4 rings (SSSR count). The minimum atomic E-state index is -0.332. The highest BCUT2D eigenvalue weighted by Gasteiger charge is 2.32. The van der Waals surface area contributed by atoms with Gasteiger partial charge >= 0.3 is 0 Å². The van der Waals surface area contributed by atoms with E-state index in [1.807, 2.05) is 10.6 Å². The molecule has 0 bridgehead atoms. The Hall–Kier alpha value is -2.21. The van der Waals surface area contributed by atoms with Gasteiger partial charge in [0.1, 0.15) is 11.7 Å². The van der Waals surface area contributed by atoms with Crippen molar-refractivity contribution in [2.24, 2.45) is 0 Å². The molecule has 2 aromatic rings. The second-order valence-electron chi connectivity index (χ2n) is 5.56. The van der Waals surface area contributed by atoms with E-state index < -0.39 is 0 Å². The fourth-order valence-electron chi connectivity index (χ4n) is 3.41. The maximum Gasteiger partial charge on any atom is 0.249 e. The van der Waals surface area contributed by atoms with Gasteiger partial charge in [-0.15, -0.1) is 0 Å². The van der Waals surface area contributed by atoms with Crippen LogP contribution in [0.25, 0.3) is 11.0 Å². The minimum Gasteiger partial charge on any atom is -0.317 e. The Bertz CT molecular complexity index is 749. The van der Waals surface area contributed by atoms with Gasteiger partial charge in [0.2, 0.25) is 11.8 Å². The maximum absolute atomic E-state index is 12.2. The molecule has 1 fully saturated rings. The first-order valence-electron chi connectivity index (χ1n) is 7.27. The fourth-order valence-corrected chi connectivity index (χ4v) is 3.41. The van der Waals surface area contributed by atoms with Crippen LogP contribution in [0.1, 0.15) is 30.1 Å². The van der Waals surface area contributed by atoms with Crippen molar-refractivity contribution in [3.63, 3.8) is 0 Å². The van der Waals surface area contributed by atoms with Gasteiger partial charge in [-0.25, -0.2) is 4.98 Å². The number of rotatable bonds is 1. The first kappa shape index (κ1) is 12.5. The third-order valence-electron chi connectivity index (χ3n) is 4.34. The number of hydrogen-bond donors (Lipinski definition) is 2. The van der Waals surface area contributed by atoms with Gasteiger partial charge in [-0.05, 0) is 24.1 Å². The van der Waals surface area contributed by atoms with Crippen molar-refractivity contribution >= 4 is 22.8 Å². The lowest BCUT2D eigenvalue weighted by Gasteiger charge is -2.26. The van der Waals surface area contributed by atoms with Gasteiger partial charge in [0.15, 0.2) is 0 Å². The van der Waals surface area contributed by atoms with Crippen LogP contribution < -0.4 is 10.6 Å². The van der Waals surface area contributed by atoms with Crippen LogP contribution in [-0.2, 0) is 22.6 Å². The van der Waals surface area contributed by atoms with Crippen LogP contribution in [0.2, 0.25) is 0 Å². The first-order chi connectivity index (χ1) is 10.3. The number of nitrogens with one attached hydrogen (secondary N) is 2. The summed E-state index contributed by atoms with van der Waals surface area (Å²) in [6.45, 7) is 1.70. The summed E-state index contributed by atoms with van der Waals surface area (Å²) in [6, 6.07) is 3.64. The van der Waals surface area contributed by atoms with Crippen molar-refractivity contribution in [3.05, 3.63) is 29.6 Å². The molecule has 2 aliphatic rings. The number of nitrogens with zero attached hydrogens (tertiary/aromatic N) is 2. The summed E-state index contributed by atoms with van der Waals surface area (Å²) in [6.07, 6.45) is 3.56. The lowest BCUT2D eigenvalue weighted by molar-refractivity contribution is -0.135. The summed E-state index contributed by atoms with van der Waals surface area (Å²) in [5.41, 5.74) is 3.26. The molecule has 6 heteroatoms. The third kappa shape index (κ3) is 1.86. The molecule has 0 saturated carbocycles. The van der Waals surface area contributed by atoms with Crippen molar-refractivity contribution in [3.8, 4) is 0 Å². The van der Waals surface area contributed by atoms with E-state index in [1.54, 1.807) is 6.20 Å². The normalized spacial score (nSPS) is 22.2. The van der Waals surface area contributed by atoms with Crippen LogP contribution in [-0.4, -0.2) is 27.9 Å². The summed E-state index contributed by atoms with van der Waals surface area (Å²) in [5.74, 6) is -0.397. The molecule has 1 unspecified atom stereocenters. The van der Waals surface area contributed by atoms with Crippen molar-refractivity contribution in [1.29, 1.82) is 0 Å². The lowest BCUT2D eigenvalue weighted by Crippen LogP contribution is -2.42. The summed E-state index contributed by atoms with van der Waals surface area (Å²) in [7, 11) is 0. The number of fused-ring (bicyclic) bond motifs is 3.